The molecule has 8 heteroatoms. The molecule has 0 aromatic carbocycles. The molecule has 0 fully saturated rings. The monoisotopic (exact) mass is 370 g/mol. The van der Waals surface area contributed by atoms with Crippen molar-refractivity contribution < 1.29 is 14.7 Å². The van der Waals surface area contributed by atoms with Gasteiger partial charge < -0.3 is 5.11 Å². The lowest BCUT2D eigenvalue weighted by Crippen LogP contribution is -2.41. The third-order valence-corrected chi connectivity index (χ3v) is 5.02. The SMILES string of the molecule is CCN(C(=O)c1ccc(-c2cncc3ccc(C(=O)O)nc23)s1)N(C)C. The van der Waals surface area contributed by atoms with Gasteiger partial charge in [0.15, 0.2) is 0 Å². The number of aromatic carboxylic acids is 1. The summed E-state index contributed by atoms with van der Waals surface area (Å²) in [6, 6.07) is 6.75. The molecule has 0 bridgehead atoms. The Kier molecular flexibility index (Phi) is 4.97. The molecule has 3 rings (SSSR count). The largest absolute Gasteiger partial charge is 0.477 e. The number of carboxylic acid groups (broad SMARTS) is 1. The van der Waals surface area contributed by atoms with E-state index in [2.05, 4.69) is 9.97 Å². The molecule has 1 N–H and O–H groups in total. The van der Waals surface area contributed by atoms with Crippen molar-refractivity contribution in [2.75, 3.05) is 20.6 Å². The van der Waals surface area contributed by atoms with E-state index in [1.54, 1.807) is 34.5 Å². The third kappa shape index (κ3) is 3.29. The molecular formula is C18H18N4O3S. The van der Waals surface area contributed by atoms with Crippen LogP contribution in [0.15, 0.2) is 36.7 Å². The van der Waals surface area contributed by atoms with Crippen LogP contribution in [0.25, 0.3) is 21.3 Å². The Labute approximate surface area is 154 Å². The van der Waals surface area contributed by atoms with E-state index in [-0.39, 0.29) is 11.6 Å². The second kappa shape index (κ2) is 7.19. The molecule has 3 heterocycles. The second-order valence-corrected chi connectivity index (χ2v) is 6.88. The van der Waals surface area contributed by atoms with Crippen LogP contribution in [0.2, 0.25) is 0 Å². The van der Waals surface area contributed by atoms with Crippen LogP contribution in [0.4, 0.5) is 0 Å². The average molecular weight is 370 g/mol. The van der Waals surface area contributed by atoms with Crippen LogP contribution in [0, 0.1) is 0 Å². The number of nitrogens with zero attached hydrogens (tertiary/aromatic N) is 4. The molecule has 26 heavy (non-hydrogen) atoms. The van der Waals surface area contributed by atoms with Gasteiger partial charge in [0, 0.05) is 48.9 Å². The molecular weight excluding hydrogens is 352 g/mol. The molecule has 134 valence electrons. The first-order valence-corrected chi connectivity index (χ1v) is 8.81. The Morgan fingerprint density at radius 3 is 2.58 bits per heavy atom. The number of hydrazine groups is 1. The van der Waals surface area contributed by atoms with Gasteiger partial charge in [-0.1, -0.05) is 0 Å². The van der Waals surface area contributed by atoms with Gasteiger partial charge in [-0.2, -0.15) is 0 Å². The number of carbonyl (C=O) groups is 2. The van der Waals surface area contributed by atoms with E-state index in [0.29, 0.717) is 22.5 Å². The van der Waals surface area contributed by atoms with Crippen molar-refractivity contribution in [1.29, 1.82) is 0 Å². The number of rotatable bonds is 5. The van der Waals surface area contributed by atoms with E-state index in [0.717, 1.165) is 10.3 Å². The van der Waals surface area contributed by atoms with Crippen LogP contribution in [-0.4, -0.2) is 57.6 Å². The van der Waals surface area contributed by atoms with E-state index >= 15 is 0 Å². The number of hydrogen-bond donors (Lipinski definition) is 1. The number of amides is 1. The lowest BCUT2D eigenvalue weighted by Gasteiger charge is -2.26. The molecule has 3 aromatic heterocycles. The Bertz CT molecular complexity index is 983. The van der Waals surface area contributed by atoms with Crippen LogP contribution in [0.1, 0.15) is 27.1 Å². The summed E-state index contributed by atoms with van der Waals surface area (Å²) in [4.78, 5) is 33.8. The fraction of sp³-hybridized carbons (Fsp3) is 0.222. The predicted molar refractivity (Wildman–Crippen MR) is 100 cm³/mol. The number of hydrogen-bond acceptors (Lipinski definition) is 6. The first-order valence-electron chi connectivity index (χ1n) is 7.99. The topological polar surface area (TPSA) is 86.6 Å². The van der Waals surface area contributed by atoms with Crippen LogP contribution in [-0.2, 0) is 0 Å². The van der Waals surface area contributed by atoms with Gasteiger partial charge in [0.05, 0.1) is 10.4 Å². The molecule has 3 aromatic rings. The van der Waals surface area contributed by atoms with E-state index in [4.69, 9.17) is 0 Å². The zero-order chi connectivity index (χ0) is 18.8. The van der Waals surface area contributed by atoms with E-state index in [1.165, 1.54) is 17.4 Å². The lowest BCUT2D eigenvalue weighted by atomic mass is 10.1. The average Bonchev–Trinajstić information content (AvgIpc) is 3.10. The fourth-order valence-electron chi connectivity index (χ4n) is 2.68. The smallest absolute Gasteiger partial charge is 0.354 e. The molecule has 0 atom stereocenters. The second-order valence-electron chi connectivity index (χ2n) is 5.79. The highest BCUT2D eigenvalue weighted by Gasteiger charge is 2.19. The highest BCUT2D eigenvalue weighted by Crippen LogP contribution is 2.32. The van der Waals surface area contributed by atoms with Crippen LogP contribution in [0.5, 0.6) is 0 Å². The summed E-state index contributed by atoms with van der Waals surface area (Å²) in [6.45, 7) is 2.48. The zero-order valence-electron chi connectivity index (χ0n) is 14.6. The van der Waals surface area contributed by atoms with Gasteiger partial charge in [-0.3, -0.25) is 14.8 Å². The van der Waals surface area contributed by atoms with Crippen molar-refractivity contribution in [2.24, 2.45) is 0 Å². The molecule has 0 unspecified atom stereocenters. The van der Waals surface area contributed by atoms with Crippen molar-refractivity contribution in [3.05, 3.63) is 47.2 Å². The summed E-state index contributed by atoms with van der Waals surface area (Å²) >= 11 is 1.34. The predicted octanol–water partition coefficient (Wildman–Crippen LogP) is 3.00. The van der Waals surface area contributed by atoms with Crippen molar-refractivity contribution in [3.8, 4) is 10.4 Å². The Morgan fingerprint density at radius 2 is 1.92 bits per heavy atom. The van der Waals surface area contributed by atoms with Crippen LogP contribution >= 0.6 is 11.3 Å². The molecule has 0 aliphatic carbocycles. The third-order valence-electron chi connectivity index (χ3n) is 3.92. The van der Waals surface area contributed by atoms with Crippen molar-refractivity contribution in [1.82, 2.24) is 20.0 Å². The Morgan fingerprint density at radius 1 is 1.15 bits per heavy atom. The summed E-state index contributed by atoms with van der Waals surface area (Å²) in [5.41, 5.74) is 1.24. The summed E-state index contributed by atoms with van der Waals surface area (Å²) in [6.07, 6.45) is 3.28. The number of fused-ring (bicyclic) bond motifs is 1. The van der Waals surface area contributed by atoms with Crippen LogP contribution < -0.4 is 0 Å². The molecule has 0 aliphatic heterocycles. The molecule has 0 saturated heterocycles. The maximum absolute atomic E-state index is 12.7. The molecule has 0 saturated carbocycles. The van der Waals surface area contributed by atoms with E-state index in [9.17, 15) is 14.7 Å². The molecule has 0 spiro atoms. The Balaban J connectivity index is 2.05. The number of carbonyl (C=O) groups excluding carboxylic acids is 1. The van der Waals surface area contributed by atoms with E-state index < -0.39 is 5.97 Å². The normalized spacial score (nSPS) is 11.1. The van der Waals surface area contributed by atoms with Crippen LogP contribution in [0.3, 0.4) is 0 Å². The van der Waals surface area contributed by atoms with Gasteiger partial charge in [0.25, 0.3) is 5.91 Å². The molecule has 1 amide bonds. The lowest BCUT2D eigenvalue weighted by molar-refractivity contribution is 0.0235. The van der Waals surface area contributed by atoms with E-state index in [1.807, 2.05) is 27.1 Å². The van der Waals surface area contributed by atoms with Gasteiger partial charge in [-0.25, -0.2) is 14.8 Å². The number of aromatic nitrogens is 2. The summed E-state index contributed by atoms with van der Waals surface area (Å²) in [7, 11) is 3.64. The fourth-order valence-corrected chi connectivity index (χ4v) is 3.64. The first-order chi connectivity index (χ1) is 12.4. The van der Waals surface area contributed by atoms with Crippen molar-refractivity contribution in [2.45, 2.75) is 6.92 Å². The van der Waals surface area contributed by atoms with Crippen molar-refractivity contribution >= 4 is 34.1 Å². The minimum atomic E-state index is -1.08. The van der Waals surface area contributed by atoms with Gasteiger partial charge in [0.1, 0.15) is 5.69 Å². The number of carboxylic acids is 1. The van der Waals surface area contributed by atoms with Gasteiger partial charge >= 0.3 is 5.97 Å². The summed E-state index contributed by atoms with van der Waals surface area (Å²) in [5.74, 6) is -1.16. The molecule has 0 aliphatic rings. The highest BCUT2D eigenvalue weighted by atomic mass is 32.1. The maximum Gasteiger partial charge on any atom is 0.354 e. The number of pyridine rings is 2. The quantitative estimate of drug-likeness (QED) is 0.695. The summed E-state index contributed by atoms with van der Waals surface area (Å²) in [5, 5.41) is 13.3. The van der Waals surface area contributed by atoms with Gasteiger partial charge in [0.2, 0.25) is 0 Å². The molecule has 0 radical (unpaired) electrons. The minimum Gasteiger partial charge on any atom is -0.477 e. The maximum atomic E-state index is 12.7. The zero-order valence-corrected chi connectivity index (χ0v) is 15.4. The van der Waals surface area contributed by atoms with Gasteiger partial charge in [-0.05, 0) is 31.2 Å². The number of thiophene rings is 1. The first kappa shape index (κ1) is 18.0. The standard InChI is InChI=1S/C18H18N4O3S/c1-4-22(21(2)3)17(23)15-8-7-14(26-15)12-10-19-9-11-5-6-13(18(24)25)20-16(11)12/h5-10H,4H2,1-3H3,(H,24,25). The van der Waals surface area contributed by atoms with Crippen molar-refractivity contribution in [3.63, 3.8) is 0 Å². The Hall–Kier alpha value is -2.84. The minimum absolute atomic E-state index is 0.0254. The van der Waals surface area contributed by atoms with Gasteiger partial charge in [-0.15, -0.1) is 11.3 Å². The summed E-state index contributed by atoms with van der Waals surface area (Å²) < 4.78 is 0. The highest BCUT2D eigenvalue weighted by molar-refractivity contribution is 7.17. The molecule has 7 nitrogen and oxygen atoms in total.